The van der Waals surface area contributed by atoms with Crippen molar-refractivity contribution < 1.29 is 27.2 Å². The van der Waals surface area contributed by atoms with Crippen LogP contribution in [-0.4, -0.2) is 48.6 Å². The van der Waals surface area contributed by atoms with Crippen molar-refractivity contribution in [1.29, 1.82) is 0 Å². The smallest absolute Gasteiger partial charge is 0.283 e. The number of ether oxygens (including phenoxy) is 2. The molecule has 0 aliphatic heterocycles. The van der Waals surface area contributed by atoms with Crippen LogP contribution in [0.5, 0.6) is 17.4 Å². The Morgan fingerprint density at radius 1 is 1.13 bits per heavy atom. The molecule has 0 radical (unpaired) electrons. The third-order valence-electron chi connectivity index (χ3n) is 4.11. The first-order valence-corrected chi connectivity index (χ1v) is 11.2. The fourth-order valence-electron chi connectivity index (χ4n) is 2.46. The molecule has 1 aromatic heterocycles. The van der Waals surface area contributed by atoms with Gasteiger partial charge in [-0.25, -0.2) is 0 Å². The van der Waals surface area contributed by atoms with E-state index in [9.17, 15) is 13.2 Å². The highest BCUT2D eigenvalue weighted by molar-refractivity contribution is 7.85. The number of carbonyl (C=O) groups is 1. The standard InChI is InChI=1S/C20H28N4O6S/c1-20(2,3)9-10-21-12-14-5-7-16(17(11-14)29-4)30-18-8-6-15(23-24-18)19(25)22-13-31(26,27)28/h5-8,11,21H,9-10,12-13H2,1-4H3,(H,22,25)(H,26,27,28). The average molecular weight is 453 g/mol. The van der Waals surface area contributed by atoms with Gasteiger partial charge < -0.3 is 20.1 Å². The Hall–Kier alpha value is -2.76. The minimum Gasteiger partial charge on any atom is -0.493 e. The Labute approximate surface area is 182 Å². The fraction of sp³-hybridized carbons (Fsp3) is 0.450. The van der Waals surface area contributed by atoms with E-state index < -0.39 is 21.9 Å². The van der Waals surface area contributed by atoms with Crippen LogP contribution < -0.4 is 20.1 Å². The number of nitrogens with zero attached hydrogens (tertiary/aromatic N) is 2. The molecule has 170 valence electrons. The summed E-state index contributed by atoms with van der Waals surface area (Å²) in [4.78, 5) is 11.8. The summed E-state index contributed by atoms with van der Waals surface area (Å²) >= 11 is 0. The summed E-state index contributed by atoms with van der Waals surface area (Å²) in [7, 11) is -2.79. The van der Waals surface area contributed by atoms with Gasteiger partial charge in [-0.15, -0.1) is 10.2 Å². The Balaban J connectivity index is 1.98. The predicted octanol–water partition coefficient (Wildman–Crippen LogP) is 2.38. The van der Waals surface area contributed by atoms with Gasteiger partial charge in [0.25, 0.3) is 16.0 Å². The van der Waals surface area contributed by atoms with Crippen LogP contribution in [0.15, 0.2) is 30.3 Å². The third kappa shape index (κ3) is 8.87. The first-order chi connectivity index (χ1) is 14.5. The molecule has 0 aliphatic rings. The molecule has 2 aromatic rings. The number of carbonyl (C=O) groups excluding carboxylic acids is 1. The molecular formula is C20H28N4O6S. The summed E-state index contributed by atoms with van der Waals surface area (Å²) in [6, 6.07) is 8.27. The summed E-state index contributed by atoms with van der Waals surface area (Å²) < 4.78 is 41.1. The van der Waals surface area contributed by atoms with Crippen molar-refractivity contribution in [3.8, 4) is 17.4 Å². The number of nitrogens with one attached hydrogen (secondary N) is 2. The summed E-state index contributed by atoms with van der Waals surface area (Å²) in [6.45, 7) is 8.20. The number of benzene rings is 1. The lowest BCUT2D eigenvalue weighted by Crippen LogP contribution is -2.30. The van der Waals surface area contributed by atoms with E-state index in [0.717, 1.165) is 18.5 Å². The Bertz CT molecular complexity index is 988. The molecule has 0 unspecified atom stereocenters. The molecule has 0 aliphatic carbocycles. The molecule has 11 heteroatoms. The lowest BCUT2D eigenvalue weighted by atomic mass is 9.92. The highest BCUT2D eigenvalue weighted by Crippen LogP contribution is 2.31. The van der Waals surface area contributed by atoms with Crippen molar-refractivity contribution in [1.82, 2.24) is 20.8 Å². The fourth-order valence-corrected chi connectivity index (χ4v) is 2.77. The number of hydrogen-bond donors (Lipinski definition) is 3. The van der Waals surface area contributed by atoms with Crippen LogP contribution in [0.3, 0.4) is 0 Å². The maximum atomic E-state index is 11.8. The van der Waals surface area contributed by atoms with Gasteiger partial charge >= 0.3 is 0 Å². The predicted molar refractivity (Wildman–Crippen MR) is 115 cm³/mol. The van der Waals surface area contributed by atoms with E-state index in [2.05, 4.69) is 36.3 Å². The Morgan fingerprint density at radius 2 is 1.87 bits per heavy atom. The average Bonchev–Trinajstić information content (AvgIpc) is 2.69. The van der Waals surface area contributed by atoms with Gasteiger partial charge in [0.2, 0.25) is 5.88 Å². The van der Waals surface area contributed by atoms with E-state index in [4.69, 9.17) is 14.0 Å². The maximum absolute atomic E-state index is 11.8. The molecule has 1 heterocycles. The zero-order valence-corrected chi connectivity index (χ0v) is 18.8. The van der Waals surface area contributed by atoms with Crippen molar-refractivity contribution >= 4 is 16.0 Å². The van der Waals surface area contributed by atoms with Crippen LogP contribution in [0.4, 0.5) is 0 Å². The van der Waals surface area contributed by atoms with Crippen molar-refractivity contribution in [2.24, 2.45) is 5.41 Å². The van der Waals surface area contributed by atoms with Crippen LogP contribution >= 0.6 is 0 Å². The lowest BCUT2D eigenvalue weighted by Gasteiger charge is -2.18. The minimum atomic E-state index is -4.32. The number of amides is 1. The van der Waals surface area contributed by atoms with Gasteiger partial charge in [0.1, 0.15) is 5.88 Å². The molecule has 0 fully saturated rings. The van der Waals surface area contributed by atoms with Gasteiger partial charge in [-0.1, -0.05) is 26.8 Å². The molecule has 10 nitrogen and oxygen atoms in total. The molecule has 1 aromatic carbocycles. The number of rotatable bonds is 10. The van der Waals surface area contributed by atoms with Gasteiger partial charge in [-0.3, -0.25) is 9.35 Å². The second-order valence-electron chi connectivity index (χ2n) is 8.06. The van der Waals surface area contributed by atoms with E-state index in [-0.39, 0.29) is 17.0 Å². The zero-order valence-electron chi connectivity index (χ0n) is 18.0. The number of methoxy groups -OCH3 is 1. The molecule has 3 N–H and O–H groups in total. The topological polar surface area (TPSA) is 140 Å². The maximum Gasteiger partial charge on any atom is 0.283 e. The van der Waals surface area contributed by atoms with Gasteiger partial charge in [0.05, 0.1) is 7.11 Å². The molecule has 0 saturated heterocycles. The van der Waals surface area contributed by atoms with Crippen molar-refractivity contribution in [2.45, 2.75) is 33.7 Å². The van der Waals surface area contributed by atoms with Crippen LogP contribution in [0.25, 0.3) is 0 Å². The van der Waals surface area contributed by atoms with E-state index in [1.807, 2.05) is 17.4 Å². The minimum absolute atomic E-state index is 0.125. The molecule has 0 atom stereocenters. The second kappa shape index (κ2) is 10.5. The van der Waals surface area contributed by atoms with Gasteiger partial charge in [0.15, 0.2) is 17.2 Å². The molecule has 1 amide bonds. The van der Waals surface area contributed by atoms with E-state index in [0.29, 0.717) is 18.0 Å². The normalized spacial score (nSPS) is 11.8. The Kier molecular flexibility index (Phi) is 8.31. The van der Waals surface area contributed by atoms with Crippen LogP contribution in [0, 0.1) is 5.41 Å². The monoisotopic (exact) mass is 452 g/mol. The van der Waals surface area contributed by atoms with Crippen LogP contribution in [0.1, 0.15) is 43.2 Å². The molecule has 2 rings (SSSR count). The van der Waals surface area contributed by atoms with E-state index in [1.54, 1.807) is 6.07 Å². The third-order valence-corrected chi connectivity index (χ3v) is 4.62. The van der Waals surface area contributed by atoms with E-state index in [1.165, 1.54) is 19.2 Å². The summed E-state index contributed by atoms with van der Waals surface area (Å²) in [5.41, 5.74) is 1.19. The van der Waals surface area contributed by atoms with Gasteiger partial charge in [0, 0.05) is 12.6 Å². The molecule has 0 bridgehead atoms. The quantitative estimate of drug-likeness (QED) is 0.366. The molecule has 31 heavy (non-hydrogen) atoms. The highest BCUT2D eigenvalue weighted by atomic mass is 32.2. The number of hydrogen-bond acceptors (Lipinski definition) is 8. The molecule has 0 saturated carbocycles. The lowest BCUT2D eigenvalue weighted by molar-refractivity contribution is 0.0952. The zero-order chi connectivity index (χ0) is 23.1. The summed E-state index contributed by atoms with van der Waals surface area (Å²) in [5.74, 6) is -0.635. The van der Waals surface area contributed by atoms with Crippen molar-refractivity contribution in [2.75, 3.05) is 19.5 Å². The van der Waals surface area contributed by atoms with Gasteiger partial charge in [-0.2, -0.15) is 8.42 Å². The summed E-state index contributed by atoms with van der Waals surface area (Å²) in [6.07, 6.45) is 1.06. The van der Waals surface area contributed by atoms with Crippen LogP contribution in [-0.2, 0) is 16.7 Å². The largest absolute Gasteiger partial charge is 0.493 e. The first kappa shape index (κ1) is 24.5. The summed E-state index contributed by atoms with van der Waals surface area (Å²) in [5, 5.41) is 12.9. The van der Waals surface area contributed by atoms with E-state index >= 15 is 0 Å². The highest BCUT2D eigenvalue weighted by Gasteiger charge is 2.14. The van der Waals surface area contributed by atoms with Crippen LogP contribution in [0.2, 0.25) is 0 Å². The molecule has 0 spiro atoms. The number of aromatic nitrogens is 2. The molecular weight excluding hydrogens is 424 g/mol. The Morgan fingerprint density at radius 3 is 2.45 bits per heavy atom. The van der Waals surface area contributed by atoms with Gasteiger partial charge in [-0.05, 0) is 42.1 Å². The van der Waals surface area contributed by atoms with Crippen molar-refractivity contribution in [3.63, 3.8) is 0 Å². The second-order valence-corrected chi connectivity index (χ2v) is 9.52. The first-order valence-electron chi connectivity index (χ1n) is 9.59. The van der Waals surface area contributed by atoms with Crippen molar-refractivity contribution in [3.05, 3.63) is 41.6 Å². The SMILES string of the molecule is COc1cc(CNCCC(C)(C)C)ccc1Oc1ccc(C(=O)NCS(=O)(=O)O)nn1.